The van der Waals surface area contributed by atoms with Crippen molar-refractivity contribution in [1.29, 1.82) is 0 Å². The van der Waals surface area contributed by atoms with Gasteiger partial charge in [0.25, 0.3) is 0 Å². The number of hydrogen-bond donors (Lipinski definition) is 3. The lowest BCUT2D eigenvalue weighted by atomic mass is 10.1. The molecule has 1 unspecified atom stereocenters. The molecule has 114 valence electrons. The number of aryl methyl sites for hydroxylation is 2. The highest BCUT2D eigenvalue weighted by Gasteiger charge is 2.24. The van der Waals surface area contributed by atoms with Crippen LogP contribution in [0.2, 0.25) is 0 Å². The van der Waals surface area contributed by atoms with Gasteiger partial charge in [-0.25, -0.2) is 0 Å². The molecular weight excluding hydrogens is 268 g/mol. The van der Waals surface area contributed by atoms with Crippen molar-refractivity contribution in [1.82, 2.24) is 10.2 Å². The van der Waals surface area contributed by atoms with Crippen LogP contribution in [0.3, 0.4) is 0 Å². The van der Waals surface area contributed by atoms with Gasteiger partial charge in [-0.05, 0) is 25.0 Å². The summed E-state index contributed by atoms with van der Waals surface area (Å²) in [7, 11) is 0. The molecule has 6 heteroatoms. The molecule has 1 aromatic rings. The van der Waals surface area contributed by atoms with Crippen molar-refractivity contribution < 1.29 is 9.59 Å². The molecular formula is C15H22N4O2. The third-order valence-corrected chi connectivity index (χ3v) is 3.72. The number of anilines is 1. The number of carbonyl (C=O) groups is 2. The fraction of sp³-hybridized carbons (Fsp3) is 0.467. The summed E-state index contributed by atoms with van der Waals surface area (Å²) in [5.74, 6) is -0.452. The largest absolute Gasteiger partial charge is 0.368 e. The maximum absolute atomic E-state index is 12.2. The normalized spacial score (nSPS) is 19.2. The number of carbonyl (C=O) groups excluding carboxylic acids is 2. The second-order valence-corrected chi connectivity index (χ2v) is 5.46. The van der Waals surface area contributed by atoms with Crippen molar-refractivity contribution in [3.63, 3.8) is 0 Å². The minimum absolute atomic E-state index is 0.0717. The van der Waals surface area contributed by atoms with E-state index in [1.165, 1.54) is 0 Å². The summed E-state index contributed by atoms with van der Waals surface area (Å²) in [6, 6.07) is 5.52. The van der Waals surface area contributed by atoms with Gasteiger partial charge in [0, 0.05) is 25.3 Å². The van der Waals surface area contributed by atoms with Crippen molar-refractivity contribution >= 4 is 17.5 Å². The summed E-state index contributed by atoms with van der Waals surface area (Å²) in [4.78, 5) is 25.3. The minimum Gasteiger partial charge on any atom is -0.368 e. The van der Waals surface area contributed by atoms with Crippen molar-refractivity contribution in [3.8, 4) is 0 Å². The van der Waals surface area contributed by atoms with Crippen LogP contribution in [0.15, 0.2) is 18.2 Å². The van der Waals surface area contributed by atoms with E-state index in [1.54, 1.807) is 0 Å². The lowest BCUT2D eigenvalue weighted by Gasteiger charge is -2.31. The number of primary amides is 1. The zero-order chi connectivity index (χ0) is 15.4. The van der Waals surface area contributed by atoms with Crippen LogP contribution < -0.4 is 16.4 Å². The first-order valence-electron chi connectivity index (χ1n) is 7.08. The van der Waals surface area contributed by atoms with E-state index in [2.05, 4.69) is 10.6 Å². The monoisotopic (exact) mass is 290 g/mol. The highest BCUT2D eigenvalue weighted by molar-refractivity contribution is 5.93. The van der Waals surface area contributed by atoms with Crippen LogP contribution in [0.4, 0.5) is 5.69 Å². The molecule has 6 nitrogen and oxygen atoms in total. The number of nitrogens with two attached hydrogens (primary N) is 1. The Bertz CT molecular complexity index is 524. The number of hydrogen-bond acceptors (Lipinski definition) is 4. The molecule has 0 bridgehead atoms. The van der Waals surface area contributed by atoms with Crippen molar-refractivity contribution in [2.75, 3.05) is 31.5 Å². The molecule has 1 aliphatic heterocycles. The standard InChI is InChI=1S/C15H22N4O2/c1-10-4-3-5-11(2)14(10)18-13(20)9-19-7-6-17-12(8-19)15(16)21/h3-5,12,17H,6-9H2,1-2H3,(H2,16,21)(H,18,20). The third kappa shape index (κ3) is 4.03. The predicted molar refractivity (Wildman–Crippen MR) is 82.0 cm³/mol. The minimum atomic E-state index is -0.383. The van der Waals surface area contributed by atoms with Crippen LogP contribution in [0.25, 0.3) is 0 Å². The van der Waals surface area contributed by atoms with Gasteiger partial charge in [-0.2, -0.15) is 0 Å². The zero-order valence-electron chi connectivity index (χ0n) is 12.5. The van der Waals surface area contributed by atoms with Crippen molar-refractivity contribution in [2.45, 2.75) is 19.9 Å². The van der Waals surface area contributed by atoms with Crippen LogP contribution in [0.1, 0.15) is 11.1 Å². The molecule has 4 N–H and O–H groups in total. The van der Waals surface area contributed by atoms with Gasteiger partial charge >= 0.3 is 0 Å². The SMILES string of the molecule is Cc1cccc(C)c1NC(=O)CN1CCNC(C(N)=O)C1. The van der Waals surface area contributed by atoms with Crippen molar-refractivity contribution in [2.24, 2.45) is 5.73 Å². The molecule has 1 atom stereocenters. The van der Waals surface area contributed by atoms with Crippen LogP contribution in [-0.4, -0.2) is 48.9 Å². The third-order valence-electron chi connectivity index (χ3n) is 3.72. The first-order chi connectivity index (χ1) is 9.97. The van der Waals surface area contributed by atoms with Gasteiger partial charge < -0.3 is 16.4 Å². The van der Waals surface area contributed by atoms with Gasteiger partial charge in [0.2, 0.25) is 11.8 Å². The van der Waals surface area contributed by atoms with Crippen LogP contribution >= 0.6 is 0 Å². The van der Waals surface area contributed by atoms with Gasteiger partial charge in [-0.1, -0.05) is 18.2 Å². The number of nitrogens with one attached hydrogen (secondary N) is 2. The molecule has 0 aromatic heterocycles. The Kier molecular flexibility index (Phi) is 4.93. The maximum atomic E-state index is 12.2. The van der Waals surface area contributed by atoms with E-state index in [0.717, 1.165) is 23.4 Å². The van der Waals surface area contributed by atoms with E-state index < -0.39 is 0 Å². The number of rotatable bonds is 4. The van der Waals surface area contributed by atoms with Gasteiger partial charge in [-0.15, -0.1) is 0 Å². The van der Waals surface area contributed by atoms with Gasteiger partial charge in [0.15, 0.2) is 0 Å². The Morgan fingerprint density at radius 2 is 2.05 bits per heavy atom. The van der Waals surface area contributed by atoms with E-state index in [9.17, 15) is 9.59 Å². The number of para-hydroxylation sites is 1. The van der Waals surface area contributed by atoms with Gasteiger partial charge in [0.1, 0.15) is 0 Å². The molecule has 2 amide bonds. The molecule has 21 heavy (non-hydrogen) atoms. The summed E-state index contributed by atoms with van der Waals surface area (Å²) in [5, 5.41) is 5.99. The Hall–Kier alpha value is -1.92. The first kappa shape index (κ1) is 15.5. The van der Waals surface area contributed by atoms with E-state index >= 15 is 0 Å². The average molecular weight is 290 g/mol. The Labute approximate surface area is 124 Å². The fourth-order valence-electron chi connectivity index (χ4n) is 2.54. The Morgan fingerprint density at radius 3 is 2.67 bits per heavy atom. The lowest BCUT2D eigenvalue weighted by Crippen LogP contribution is -2.57. The molecule has 1 aliphatic rings. The highest BCUT2D eigenvalue weighted by Crippen LogP contribution is 2.19. The second kappa shape index (κ2) is 6.69. The molecule has 0 saturated carbocycles. The van der Waals surface area contributed by atoms with Crippen LogP contribution in [0.5, 0.6) is 0 Å². The summed E-state index contributed by atoms with van der Waals surface area (Å²) in [5.41, 5.74) is 8.24. The van der Waals surface area contributed by atoms with Gasteiger partial charge in [0.05, 0.1) is 12.6 Å². The van der Waals surface area contributed by atoms with Crippen LogP contribution in [0, 0.1) is 13.8 Å². The highest BCUT2D eigenvalue weighted by atomic mass is 16.2. The molecule has 1 saturated heterocycles. The molecule has 0 aliphatic carbocycles. The Balaban J connectivity index is 1.94. The molecule has 1 heterocycles. The predicted octanol–water partition coefficient (Wildman–Crippen LogP) is 0.00104. The van der Waals surface area contributed by atoms with Crippen LogP contribution in [-0.2, 0) is 9.59 Å². The summed E-state index contributed by atoms with van der Waals surface area (Å²) < 4.78 is 0. The number of nitrogens with zero attached hydrogens (tertiary/aromatic N) is 1. The van der Waals surface area contributed by atoms with E-state index in [4.69, 9.17) is 5.73 Å². The molecule has 2 rings (SSSR count). The Morgan fingerprint density at radius 1 is 1.38 bits per heavy atom. The van der Waals surface area contributed by atoms with Crippen molar-refractivity contribution in [3.05, 3.63) is 29.3 Å². The first-order valence-corrected chi connectivity index (χ1v) is 7.08. The second-order valence-electron chi connectivity index (χ2n) is 5.46. The summed E-state index contributed by atoms with van der Waals surface area (Å²) in [6.07, 6.45) is 0. The smallest absolute Gasteiger partial charge is 0.238 e. The van der Waals surface area contributed by atoms with Gasteiger partial charge in [-0.3, -0.25) is 14.5 Å². The number of amides is 2. The summed E-state index contributed by atoms with van der Waals surface area (Å²) in [6.45, 7) is 6.05. The number of benzene rings is 1. The fourth-order valence-corrected chi connectivity index (χ4v) is 2.54. The van der Waals surface area contributed by atoms with E-state index in [1.807, 2.05) is 36.9 Å². The maximum Gasteiger partial charge on any atom is 0.238 e. The average Bonchev–Trinajstić information content (AvgIpc) is 2.43. The molecule has 0 radical (unpaired) electrons. The zero-order valence-corrected chi connectivity index (χ0v) is 12.5. The topological polar surface area (TPSA) is 87.5 Å². The molecule has 0 spiro atoms. The lowest BCUT2D eigenvalue weighted by molar-refractivity contribution is -0.123. The number of piperazine rings is 1. The quantitative estimate of drug-likeness (QED) is 0.728. The molecule has 1 fully saturated rings. The van der Waals surface area contributed by atoms with E-state index in [-0.39, 0.29) is 24.4 Å². The van der Waals surface area contributed by atoms with E-state index in [0.29, 0.717) is 13.1 Å². The summed E-state index contributed by atoms with van der Waals surface area (Å²) >= 11 is 0. The molecule has 1 aromatic carbocycles.